The molecule has 0 atom stereocenters. The van der Waals surface area contributed by atoms with Crippen molar-refractivity contribution in [2.75, 3.05) is 4.90 Å². The second-order valence-corrected chi connectivity index (χ2v) is 9.78. The molecule has 1 amide bonds. The molecule has 35 heavy (non-hydrogen) atoms. The van der Waals surface area contributed by atoms with Crippen LogP contribution in [0.2, 0.25) is 0 Å². The fourth-order valence-corrected chi connectivity index (χ4v) is 5.13. The SMILES string of the molecule is CC1(C)C(=O)N(c2ccc(OCc3ccccc3)nc2OCc2ccccc2)c2cccc(Br)c21. The summed E-state index contributed by atoms with van der Waals surface area (Å²) >= 11 is 3.64. The van der Waals surface area contributed by atoms with Crippen LogP contribution in [0.25, 0.3) is 0 Å². The molecule has 5 nitrogen and oxygen atoms in total. The first-order valence-electron chi connectivity index (χ1n) is 11.4. The third-order valence-electron chi connectivity index (χ3n) is 6.10. The number of benzene rings is 3. The predicted octanol–water partition coefficient (Wildman–Crippen LogP) is 6.96. The molecule has 0 saturated heterocycles. The van der Waals surface area contributed by atoms with Gasteiger partial charge in [-0.2, -0.15) is 4.98 Å². The molecule has 0 saturated carbocycles. The van der Waals surface area contributed by atoms with Gasteiger partial charge in [0.15, 0.2) is 0 Å². The Morgan fingerprint density at radius 3 is 2.06 bits per heavy atom. The van der Waals surface area contributed by atoms with Crippen molar-refractivity contribution in [3.63, 3.8) is 0 Å². The topological polar surface area (TPSA) is 51.7 Å². The van der Waals surface area contributed by atoms with E-state index in [1.165, 1.54) is 0 Å². The van der Waals surface area contributed by atoms with E-state index in [2.05, 4.69) is 20.9 Å². The molecule has 1 aromatic heterocycles. The molecular weight excluding hydrogens is 504 g/mol. The van der Waals surface area contributed by atoms with Gasteiger partial charge in [-0.15, -0.1) is 0 Å². The van der Waals surface area contributed by atoms with Crippen molar-refractivity contribution in [3.05, 3.63) is 112 Å². The Hall–Kier alpha value is -3.64. The molecule has 3 aromatic carbocycles. The zero-order chi connectivity index (χ0) is 24.4. The maximum absolute atomic E-state index is 13.6. The van der Waals surface area contributed by atoms with E-state index in [4.69, 9.17) is 9.47 Å². The van der Waals surface area contributed by atoms with E-state index in [1.54, 1.807) is 11.0 Å². The van der Waals surface area contributed by atoms with E-state index in [0.29, 0.717) is 30.7 Å². The van der Waals surface area contributed by atoms with Crippen molar-refractivity contribution in [3.8, 4) is 11.8 Å². The fraction of sp³-hybridized carbons (Fsp3) is 0.172. The average molecular weight is 529 g/mol. The molecule has 0 spiro atoms. The smallest absolute Gasteiger partial charge is 0.242 e. The lowest BCUT2D eigenvalue weighted by atomic mass is 9.86. The van der Waals surface area contributed by atoms with E-state index in [-0.39, 0.29) is 5.91 Å². The number of aromatic nitrogens is 1. The van der Waals surface area contributed by atoms with E-state index >= 15 is 0 Å². The van der Waals surface area contributed by atoms with Crippen molar-refractivity contribution >= 4 is 33.2 Å². The average Bonchev–Trinajstić information content (AvgIpc) is 3.08. The Labute approximate surface area is 213 Å². The molecule has 0 unspecified atom stereocenters. The first-order valence-corrected chi connectivity index (χ1v) is 12.2. The second kappa shape index (κ2) is 9.55. The largest absolute Gasteiger partial charge is 0.473 e. The summed E-state index contributed by atoms with van der Waals surface area (Å²) in [4.78, 5) is 20.0. The summed E-state index contributed by atoms with van der Waals surface area (Å²) in [6, 6.07) is 29.3. The van der Waals surface area contributed by atoms with Crippen molar-refractivity contribution in [1.29, 1.82) is 0 Å². The molecule has 0 N–H and O–H groups in total. The quantitative estimate of drug-likeness (QED) is 0.260. The minimum absolute atomic E-state index is 0.0382. The van der Waals surface area contributed by atoms with Crippen molar-refractivity contribution in [1.82, 2.24) is 4.98 Å². The number of rotatable bonds is 7. The number of carbonyl (C=O) groups is 1. The molecule has 0 aliphatic carbocycles. The molecule has 5 rings (SSSR count). The van der Waals surface area contributed by atoms with Crippen LogP contribution >= 0.6 is 15.9 Å². The van der Waals surface area contributed by atoms with Gasteiger partial charge in [-0.3, -0.25) is 9.69 Å². The summed E-state index contributed by atoms with van der Waals surface area (Å²) < 4.78 is 13.1. The van der Waals surface area contributed by atoms with Gasteiger partial charge in [0.05, 0.1) is 11.1 Å². The van der Waals surface area contributed by atoms with Crippen LogP contribution in [0.3, 0.4) is 0 Å². The lowest BCUT2D eigenvalue weighted by Gasteiger charge is -2.23. The van der Waals surface area contributed by atoms with Crippen LogP contribution in [0, 0.1) is 0 Å². The molecule has 2 heterocycles. The molecule has 0 bridgehead atoms. The Morgan fingerprint density at radius 2 is 1.40 bits per heavy atom. The van der Waals surface area contributed by atoms with Gasteiger partial charge in [-0.1, -0.05) is 82.7 Å². The van der Waals surface area contributed by atoms with Gasteiger partial charge in [0.2, 0.25) is 17.7 Å². The zero-order valence-corrected chi connectivity index (χ0v) is 21.2. The van der Waals surface area contributed by atoms with E-state index in [0.717, 1.165) is 26.9 Å². The molecular formula is C29H25BrN2O3. The Bertz CT molecular complexity index is 1360. The Morgan fingerprint density at radius 1 is 0.771 bits per heavy atom. The van der Waals surface area contributed by atoms with Gasteiger partial charge in [0, 0.05) is 16.1 Å². The number of hydrogen-bond donors (Lipinski definition) is 0. The first kappa shape index (κ1) is 23.1. The highest BCUT2D eigenvalue weighted by molar-refractivity contribution is 9.10. The number of hydrogen-bond acceptors (Lipinski definition) is 4. The van der Waals surface area contributed by atoms with Crippen LogP contribution in [0.15, 0.2) is 95.5 Å². The van der Waals surface area contributed by atoms with Crippen LogP contribution in [-0.2, 0) is 23.4 Å². The third kappa shape index (κ3) is 4.54. The fourth-order valence-electron chi connectivity index (χ4n) is 4.28. The van der Waals surface area contributed by atoms with Gasteiger partial charge in [-0.25, -0.2) is 0 Å². The molecule has 0 fully saturated rings. The summed E-state index contributed by atoms with van der Waals surface area (Å²) in [6.07, 6.45) is 0. The molecule has 4 aromatic rings. The second-order valence-electron chi connectivity index (χ2n) is 8.92. The number of amides is 1. The van der Waals surface area contributed by atoms with E-state index in [1.807, 2.05) is 98.8 Å². The van der Waals surface area contributed by atoms with Crippen molar-refractivity contribution in [2.24, 2.45) is 0 Å². The molecule has 1 aliphatic heterocycles. The monoisotopic (exact) mass is 528 g/mol. The van der Waals surface area contributed by atoms with Gasteiger partial charge in [-0.05, 0) is 43.2 Å². The summed E-state index contributed by atoms with van der Waals surface area (Å²) in [5, 5.41) is 0. The van der Waals surface area contributed by atoms with E-state index < -0.39 is 5.41 Å². The number of fused-ring (bicyclic) bond motifs is 1. The summed E-state index contributed by atoms with van der Waals surface area (Å²) in [5.74, 6) is 0.737. The van der Waals surface area contributed by atoms with Crippen LogP contribution in [0.4, 0.5) is 11.4 Å². The predicted molar refractivity (Wildman–Crippen MR) is 140 cm³/mol. The Kier molecular flexibility index (Phi) is 6.31. The molecule has 1 aliphatic rings. The standard InChI is InChI=1S/C29H25BrN2O3/c1-29(2)26-22(30)14-9-15-23(26)32(28(29)33)24-16-17-25(34-18-20-10-5-3-6-11-20)31-27(24)35-19-21-12-7-4-8-13-21/h3-17H,18-19H2,1-2H3. The number of pyridine rings is 1. The van der Waals surface area contributed by atoms with E-state index in [9.17, 15) is 4.79 Å². The number of carbonyl (C=O) groups excluding carboxylic acids is 1. The molecule has 176 valence electrons. The van der Waals surface area contributed by atoms with Gasteiger partial charge >= 0.3 is 0 Å². The lowest BCUT2D eigenvalue weighted by molar-refractivity contribution is -0.121. The van der Waals surface area contributed by atoms with Crippen molar-refractivity contribution in [2.45, 2.75) is 32.5 Å². The first-order chi connectivity index (χ1) is 16.9. The highest BCUT2D eigenvalue weighted by Crippen LogP contribution is 2.50. The molecule has 6 heteroatoms. The summed E-state index contributed by atoms with van der Waals surface area (Å²) in [6.45, 7) is 4.58. The third-order valence-corrected chi connectivity index (χ3v) is 6.76. The summed E-state index contributed by atoms with van der Waals surface area (Å²) in [7, 11) is 0. The number of ether oxygens (including phenoxy) is 2. The number of anilines is 2. The summed E-state index contributed by atoms with van der Waals surface area (Å²) in [5.41, 5.74) is 3.70. The van der Waals surface area contributed by atoms with Gasteiger partial charge in [0.1, 0.15) is 18.9 Å². The minimum Gasteiger partial charge on any atom is -0.473 e. The number of halogens is 1. The van der Waals surface area contributed by atoms with Crippen LogP contribution < -0.4 is 14.4 Å². The highest BCUT2D eigenvalue weighted by Gasteiger charge is 2.46. The minimum atomic E-state index is -0.700. The van der Waals surface area contributed by atoms with Crippen LogP contribution in [0.5, 0.6) is 11.8 Å². The Balaban J connectivity index is 1.52. The highest BCUT2D eigenvalue weighted by atomic mass is 79.9. The van der Waals surface area contributed by atoms with Gasteiger partial charge in [0.25, 0.3) is 0 Å². The van der Waals surface area contributed by atoms with Gasteiger partial charge < -0.3 is 9.47 Å². The van der Waals surface area contributed by atoms with Crippen LogP contribution in [-0.4, -0.2) is 10.9 Å². The maximum Gasteiger partial charge on any atom is 0.242 e. The zero-order valence-electron chi connectivity index (χ0n) is 19.6. The lowest BCUT2D eigenvalue weighted by Crippen LogP contribution is -2.33. The molecule has 0 radical (unpaired) electrons. The maximum atomic E-state index is 13.6. The number of nitrogens with zero attached hydrogens (tertiary/aromatic N) is 2. The van der Waals surface area contributed by atoms with Crippen molar-refractivity contribution < 1.29 is 14.3 Å². The normalized spacial score (nSPS) is 14.0. The van der Waals surface area contributed by atoms with Crippen LogP contribution in [0.1, 0.15) is 30.5 Å².